The summed E-state index contributed by atoms with van der Waals surface area (Å²) in [7, 11) is 0. The molecule has 0 bridgehead atoms. The van der Waals surface area contributed by atoms with Gasteiger partial charge < -0.3 is 0 Å². The third-order valence-corrected chi connectivity index (χ3v) is 4.32. The molecule has 4 rings (SSSR count). The quantitative estimate of drug-likeness (QED) is 0.411. The van der Waals surface area contributed by atoms with E-state index in [0.717, 1.165) is 10.8 Å². The van der Waals surface area contributed by atoms with Gasteiger partial charge in [-0.05, 0) is 34.0 Å². The van der Waals surface area contributed by atoms with E-state index in [2.05, 4.69) is 4.98 Å². The first-order valence-electron chi connectivity index (χ1n) is 8.33. The molecule has 4 aromatic rings. The molecule has 4 heteroatoms. The lowest BCUT2D eigenvalue weighted by molar-refractivity contribution is -0.686. The molecule has 0 aliphatic heterocycles. The first-order chi connectivity index (χ1) is 12.7. The monoisotopic (exact) mass is 343 g/mol. The van der Waals surface area contributed by atoms with Crippen LogP contribution in [0.15, 0.2) is 85.3 Å². The Labute approximate surface area is 150 Å². The lowest BCUT2D eigenvalue weighted by atomic mass is 10.0. The number of carbonyl (C=O) groups is 1. The van der Waals surface area contributed by atoms with Crippen molar-refractivity contribution >= 4 is 16.6 Å². The fourth-order valence-corrected chi connectivity index (χ4v) is 2.93. The molecule has 0 atom stereocenters. The van der Waals surface area contributed by atoms with Crippen LogP contribution in [0.3, 0.4) is 0 Å². The summed E-state index contributed by atoms with van der Waals surface area (Å²) in [6.45, 7) is 0.183. The van der Waals surface area contributed by atoms with Crippen LogP contribution in [0.2, 0.25) is 0 Å². The molecule has 0 aliphatic rings. The van der Waals surface area contributed by atoms with Crippen LogP contribution in [-0.2, 0) is 6.54 Å². The predicted octanol–water partition coefficient (Wildman–Crippen LogP) is 4.21. The third-order valence-electron chi connectivity index (χ3n) is 4.32. The number of fused-ring (bicyclic) bond motifs is 1. The van der Waals surface area contributed by atoms with Crippen molar-refractivity contribution in [3.8, 4) is 11.3 Å². The van der Waals surface area contributed by atoms with Gasteiger partial charge >= 0.3 is 0 Å². The minimum atomic E-state index is -0.315. The number of hydrogen-bond donors (Lipinski definition) is 0. The smallest absolute Gasteiger partial charge is 0.287 e. The van der Waals surface area contributed by atoms with Gasteiger partial charge in [0.25, 0.3) is 6.33 Å². The molecule has 0 saturated heterocycles. The predicted molar refractivity (Wildman–Crippen MR) is 98.1 cm³/mol. The Morgan fingerprint density at radius 1 is 0.923 bits per heavy atom. The van der Waals surface area contributed by atoms with Gasteiger partial charge in [0.15, 0.2) is 12.2 Å². The molecule has 0 spiro atoms. The maximum atomic E-state index is 13.8. The van der Waals surface area contributed by atoms with E-state index >= 15 is 0 Å². The molecule has 0 fully saturated rings. The fraction of sp³-hybridized carbons (Fsp3) is 0.0455. The number of ketones is 1. The second kappa shape index (κ2) is 6.84. The number of carbonyl (C=O) groups excluding carboxylic acids is 1. The van der Waals surface area contributed by atoms with E-state index < -0.39 is 0 Å². The Morgan fingerprint density at radius 3 is 2.46 bits per heavy atom. The van der Waals surface area contributed by atoms with Gasteiger partial charge in [-0.15, -0.1) is 0 Å². The first-order valence-corrected chi connectivity index (χ1v) is 8.33. The van der Waals surface area contributed by atoms with Gasteiger partial charge in [-0.25, -0.2) is 8.96 Å². The van der Waals surface area contributed by atoms with Crippen molar-refractivity contribution in [3.63, 3.8) is 0 Å². The fourth-order valence-electron chi connectivity index (χ4n) is 2.93. The van der Waals surface area contributed by atoms with Crippen molar-refractivity contribution in [3.05, 3.63) is 96.7 Å². The lowest BCUT2D eigenvalue weighted by Gasteiger charge is -2.03. The summed E-state index contributed by atoms with van der Waals surface area (Å²) in [5.74, 6) is -0.314. The highest BCUT2D eigenvalue weighted by atomic mass is 19.1. The Morgan fingerprint density at radius 2 is 1.69 bits per heavy atom. The van der Waals surface area contributed by atoms with Crippen molar-refractivity contribution < 1.29 is 13.8 Å². The van der Waals surface area contributed by atoms with Crippen LogP contribution in [0, 0.1) is 5.82 Å². The molecule has 3 nitrogen and oxygen atoms in total. The largest absolute Gasteiger partial charge is 0.290 e. The third kappa shape index (κ3) is 3.22. The molecule has 0 radical (unpaired) electrons. The molecule has 126 valence electrons. The van der Waals surface area contributed by atoms with Crippen molar-refractivity contribution in [2.24, 2.45) is 0 Å². The van der Waals surface area contributed by atoms with Crippen LogP contribution in [0.25, 0.3) is 22.0 Å². The van der Waals surface area contributed by atoms with E-state index in [1.165, 1.54) is 6.07 Å². The van der Waals surface area contributed by atoms with E-state index in [4.69, 9.17) is 0 Å². The summed E-state index contributed by atoms with van der Waals surface area (Å²) in [6.07, 6.45) is 3.30. The van der Waals surface area contributed by atoms with Crippen LogP contribution in [0.5, 0.6) is 0 Å². The van der Waals surface area contributed by atoms with Crippen LogP contribution in [0.1, 0.15) is 10.4 Å². The van der Waals surface area contributed by atoms with Crippen molar-refractivity contribution in [1.29, 1.82) is 0 Å². The number of rotatable bonds is 4. The van der Waals surface area contributed by atoms with Crippen molar-refractivity contribution in [2.75, 3.05) is 0 Å². The zero-order valence-electron chi connectivity index (χ0n) is 14.0. The molecule has 0 saturated carbocycles. The van der Waals surface area contributed by atoms with Crippen LogP contribution in [-0.4, -0.2) is 10.8 Å². The number of benzene rings is 3. The maximum absolute atomic E-state index is 13.8. The van der Waals surface area contributed by atoms with Gasteiger partial charge in [0.2, 0.25) is 5.78 Å². The van der Waals surface area contributed by atoms with Crippen molar-refractivity contribution in [2.45, 2.75) is 6.54 Å². The topological polar surface area (TPSA) is 33.8 Å². The molecule has 0 amide bonds. The Hall–Kier alpha value is -3.40. The van der Waals surface area contributed by atoms with Gasteiger partial charge in [0.1, 0.15) is 5.82 Å². The molecular weight excluding hydrogens is 327 g/mol. The average Bonchev–Trinajstić information content (AvgIpc) is 2.69. The zero-order valence-corrected chi connectivity index (χ0v) is 14.0. The van der Waals surface area contributed by atoms with Gasteiger partial charge in [0, 0.05) is 11.6 Å². The van der Waals surface area contributed by atoms with Gasteiger partial charge in [-0.2, -0.15) is 0 Å². The van der Waals surface area contributed by atoms with Gasteiger partial charge in [-0.3, -0.25) is 4.79 Å². The normalized spacial score (nSPS) is 10.8. The number of aromatic nitrogens is 2. The molecule has 26 heavy (non-hydrogen) atoms. The van der Waals surface area contributed by atoms with Gasteiger partial charge in [-0.1, -0.05) is 48.5 Å². The van der Waals surface area contributed by atoms with E-state index in [-0.39, 0.29) is 18.1 Å². The molecule has 0 aliphatic carbocycles. The number of nitrogens with zero attached hydrogens (tertiary/aromatic N) is 2. The summed E-state index contributed by atoms with van der Waals surface area (Å²) < 4.78 is 15.5. The highest BCUT2D eigenvalue weighted by Gasteiger charge is 2.14. The van der Waals surface area contributed by atoms with E-state index in [9.17, 15) is 9.18 Å². The summed E-state index contributed by atoms with van der Waals surface area (Å²) >= 11 is 0. The zero-order chi connectivity index (χ0) is 17.9. The summed E-state index contributed by atoms with van der Waals surface area (Å²) in [5, 5.41) is 2.14. The molecule has 1 aromatic heterocycles. The van der Waals surface area contributed by atoms with Gasteiger partial charge in [0.05, 0.1) is 11.8 Å². The number of halogens is 1. The van der Waals surface area contributed by atoms with Crippen molar-refractivity contribution in [1.82, 2.24) is 4.98 Å². The van der Waals surface area contributed by atoms with Crippen LogP contribution < -0.4 is 4.57 Å². The second-order valence-electron chi connectivity index (χ2n) is 6.08. The highest BCUT2D eigenvalue weighted by Crippen LogP contribution is 2.19. The molecule has 0 unspecified atom stereocenters. The Kier molecular flexibility index (Phi) is 4.23. The van der Waals surface area contributed by atoms with E-state index in [1.807, 2.05) is 42.5 Å². The second-order valence-corrected chi connectivity index (χ2v) is 6.08. The van der Waals surface area contributed by atoms with E-state index in [0.29, 0.717) is 16.8 Å². The summed E-state index contributed by atoms with van der Waals surface area (Å²) in [4.78, 5) is 16.8. The summed E-state index contributed by atoms with van der Waals surface area (Å²) in [6, 6.07) is 21.8. The lowest BCUT2D eigenvalue weighted by Crippen LogP contribution is -2.37. The minimum absolute atomic E-state index is 0.00111. The number of Topliss-reactive ketones (excluding diaryl/α,β-unsaturated/α-hetero) is 1. The molecular formula is C22H16FN2O+. The summed E-state index contributed by atoms with van der Waals surface area (Å²) in [5.41, 5.74) is 1.65. The average molecular weight is 343 g/mol. The molecule has 3 aromatic carbocycles. The molecule has 1 heterocycles. The number of hydrogen-bond acceptors (Lipinski definition) is 2. The Bertz CT molecular complexity index is 1090. The van der Waals surface area contributed by atoms with Crippen LogP contribution in [0.4, 0.5) is 4.39 Å². The highest BCUT2D eigenvalue weighted by molar-refractivity contribution is 5.99. The molecule has 0 N–H and O–H groups in total. The SMILES string of the molecule is O=C(C[n+]1ccc(-c2ccccc2F)nc1)c1ccc2ccccc2c1. The minimum Gasteiger partial charge on any atom is -0.290 e. The van der Waals surface area contributed by atoms with E-state index in [1.54, 1.807) is 41.4 Å². The first kappa shape index (κ1) is 16.1. The standard InChI is InChI=1S/C22H16FN2O/c23-20-8-4-3-7-19(20)21-11-12-25(15-24-21)14-22(26)18-10-9-16-5-1-2-6-17(16)13-18/h1-13,15H,14H2/q+1. The maximum Gasteiger partial charge on any atom is 0.287 e. The van der Waals surface area contributed by atoms with Crippen LogP contribution >= 0.6 is 0 Å². The Balaban J connectivity index is 1.55.